The standard InChI is InChI=1S/2C17H15.C3H7.4CH3.2Zr/c2*1-2-13-11-15-9-6-10-16(17(15)12-13)14-7-4-3-5-8-14;1-3-2;;;;;;/h2*3-12H,2H2,1H3;3H,1-2H3;4*1H3;;/q7*-1;+3;+4. The van der Waals surface area contributed by atoms with E-state index in [0.717, 1.165) is 12.8 Å². The topological polar surface area (TPSA) is 0 Å². The van der Waals surface area contributed by atoms with Gasteiger partial charge in [-0.1, -0.05) is 97.8 Å². The Labute approximate surface area is 302 Å². The Kier molecular flexibility index (Phi) is 24.5. The minimum absolute atomic E-state index is 0. The van der Waals surface area contributed by atoms with Crippen molar-refractivity contribution < 1.29 is 52.4 Å². The molecule has 0 saturated carbocycles. The average Bonchev–Trinajstić information content (AvgIpc) is 3.58. The first-order valence-corrected chi connectivity index (χ1v) is 13.4. The van der Waals surface area contributed by atoms with E-state index in [9.17, 15) is 0 Å². The van der Waals surface area contributed by atoms with Crippen LogP contribution in [0.3, 0.4) is 0 Å². The molecule has 6 aromatic rings. The van der Waals surface area contributed by atoms with Crippen molar-refractivity contribution in [2.45, 2.75) is 40.5 Å². The van der Waals surface area contributed by atoms with Gasteiger partial charge in [0.15, 0.2) is 0 Å². The average molecular weight is 724 g/mol. The summed E-state index contributed by atoms with van der Waals surface area (Å²) in [7, 11) is 0. The van der Waals surface area contributed by atoms with Crippen molar-refractivity contribution in [2.75, 3.05) is 0 Å². The Hall–Kier alpha value is -2.13. The summed E-state index contributed by atoms with van der Waals surface area (Å²) in [6.45, 7) is 8.41. The Bertz CT molecular complexity index is 1400. The second-order valence-electron chi connectivity index (χ2n) is 9.36. The largest absolute Gasteiger partial charge is 4.00 e. The van der Waals surface area contributed by atoms with Crippen LogP contribution in [0.25, 0.3) is 43.8 Å². The van der Waals surface area contributed by atoms with Gasteiger partial charge in [0.05, 0.1) is 0 Å². The number of fused-ring (bicyclic) bond motifs is 2. The van der Waals surface area contributed by atoms with Gasteiger partial charge in [-0.3, -0.25) is 0 Å². The number of aryl methyl sites for hydroxylation is 2. The molecule has 0 bridgehead atoms. The molecule has 6 aromatic carbocycles. The molecule has 1 radical (unpaired) electrons. The second kappa shape index (κ2) is 23.3. The molecule has 0 saturated heterocycles. The molecule has 0 spiro atoms. The zero-order valence-corrected chi connectivity index (χ0v) is 32.5. The first-order valence-electron chi connectivity index (χ1n) is 13.4. The van der Waals surface area contributed by atoms with Gasteiger partial charge in [-0.15, -0.1) is 69.1 Å². The van der Waals surface area contributed by atoms with Gasteiger partial charge in [0.1, 0.15) is 0 Å². The Morgan fingerprint density at radius 1 is 0.512 bits per heavy atom. The summed E-state index contributed by atoms with van der Waals surface area (Å²) in [6.07, 6.45) is 4.20. The molecule has 43 heavy (non-hydrogen) atoms. The van der Waals surface area contributed by atoms with Crippen molar-refractivity contribution >= 4 is 21.5 Å². The van der Waals surface area contributed by atoms with E-state index in [-0.39, 0.29) is 82.1 Å². The quantitative estimate of drug-likeness (QED) is 0.159. The first kappa shape index (κ1) is 45.3. The molecular weight excluding hydrogens is 675 g/mol. The van der Waals surface area contributed by atoms with Crippen LogP contribution in [0.15, 0.2) is 121 Å². The molecular formula is C41H49Zr2. The fraction of sp³-hybridized carbons (Fsp3) is 0.146. The SMILES string of the molecule is CCc1cc2c(-c3ccccc3)cccc2[cH-]1.CCc1cc2c(-c3ccccc3)cccc2[cH-]1.C[CH-]C.[CH3-].[CH3-].[CH3-].[CH3-].[Zr+3].[Zr+4]. The van der Waals surface area contributed by atoms with Gasteiger partial charge in [-0.2, -0.15) is 26.0 Å². The van der Waals surface area contributed by atoms with Crippen LogP contribution in [0, 0.1) is 36.1 Å². The molecule has 0 atom stereocenters. The van der Waals surface area contributed by atoms with Gasteiger partial charge in [-0.25, -0.2) is 0 Å². The van der Waals surface area contributed by atoms with Gasteiger partial charge in [0.25, 0.3) is 0 Å². The van der Waals surface area contributed by atoms with Crippen LogP contribution in [0.4, 0.5) is 0 Å². The predicted molar refractivity (Wildman–Crippen MR) is 190 cm³/mol. The number of rotatable bonds is 4. The molecule has 6 rings (SSSR count). The summed E-state index contributed by atoms with van der Waals surface area (Å²) in [5.41, 5.74) is 8.11. The van der Waals surface area contributed by atoms with Gasteiger partial charge in [-0.05, 0) is 24.0 Å². The third-order valence-electron chi connectivity index (χ3n) is 6.61. The third-order valence-corrected chi connectivity index (χ3v) is 6.61. The van der Waals surface area contributed by atoms with Crippen LogP contribution in [-0.2, 0) is 65.2 Å². The maximum atomic E-state index is 2.32. The molecule has 0 aliphatic heterocycles. The van der Waals surface area contributed by atoms with Gasteiger partial charge >= 0.3 is 52.4 Å². The minimum Gasteiger partial charge on any atom is -0.358 e. The van der Waals surface area contributed by atoms with Crippen molar-refractivity contribution in [1.82, 2.24) is 0 Å². The van der Waals surface area contributed by atoms with E-state index < -0.39 is 0 Å². The third kappa shape index (κ3) is 11.7. The summed E-state index contributed by atoms with van der Waals surface area (Å²) in [4.78, 5) is 0. The van der Waals surface area contributed by atoms with Crippen molar-refractivity contribution in [2.24, 2.45) is 0 Å². The predicted octanol–water partition coefficient (Wildman–Crippen LogP) is 12.6. The maximum absolute atomic E-state index is 2.32. The van der Waals surface area contributed by atoms with Crippen molar-refractivity contribution in [1.29, 1.82) is 0 Å². The molecule has 0 heterocycles. The number of hydrogen-bond donors (Lipinski definition) is 0. The van der Waals surface area contributed by atoms with Crippen molar-refractivity contribution in [3.05, 3.63) is 169 Å². The normalized spacial score (nSPS) is 9.02. The summed E-state index contributed by atoms with van der Waals surface area (Å²) in [6, 6.07) is 43.5. The van der Waals surface area contributed by atoms with Gasteiger partial charge in [0, 0.05) is 0 Å². The van der Waals surface area contributed by atoms with E-state index in [2.05, 4.69) is 135 Å². The molecule has 0 fully saturated rings. The van der Waals surface area contributed by atoms with Gasteiger partial charge in [0.2, 0.25) is 0 Å². The Balaban J connectivity index is -0.000000605. The first-order chi connectivity index (χ1) is 18.2. The summed E-state index contributed by atoms with van der Waals surface area (Å²) < 4.78 is 0. The molecule has 0 aliphatic rings. The second-order valence-corrected chi connectivity index (χ2v) is 9.36. The summed E-state index contributed by atoms with van der Waals surface area (Å²) in [5, 5.41) is 5.44. The van der Waals surface area contributed by atoms with E-state index in [1.54, 1.807) is 0 Å². The maximum Gasteiger partial charge on any atom is 4.00 e. The van der Waals surface area contributed by atoms with Crippen LogP contribution in [-0.4, -0.2) is 0 Å². The monoisotopic (exact) mass is 721 g/mol. The molecule has 0 aromatic heterocycles. The zero-order valence-electron chi connectivity index (χ0n) is 27.5. The van der Waals surface area contributed by atoms with E-state index in [1.165, 1.54) is 54.9 Å². The van der Waals surface area contributed by atoms with Crippen molar-refractivity contribution in [3.8, 4) is 22.3 Å². The molecule has 0 amide bonds. The molecule has 221 valence electrons. The van der Waals surface area contributed by atoms with E-state index in [4.69, 9.17) is 0 Å². The van der Waals surface area contributed by atoms with Crippen LogP contribution in [0.5, 0.6) is 0 Å². The Morgan fingerprint density at radius 3 is 1.14 bits per heavy atom. The smallest absolute Gasteiger partial charge is 0.358 e. The van der Waals surface area contributed by atoms with Crippen LogP contribution in [0.1, 0.15) is 38.8 Å². The van der Waals surface area contributed by atoms with Crippen LogP contribution < -0.4 is 0 Å². The number of benzene rings is 4. The molecule has 2 heteroatoms. The molecule has 0 aliphatic carbocycles. The Morgan fingerprint density at radius 2 is 0.837 bits per heavy atom. The minimum atomic E-state index is 0. The summed E-state index contributed by atoms with van der Waals surface area (Å²) in [5.74, 6) is 0. The van der Waals surface area contributed by atoms with Crippen molar-refractivity contribution in [3.63, 3.8) is 0 Å². The zero-order chi connectivity index (χ0) is 26.0. The number of hydrogen-bond acceptors (Lipinski definition) is 0. The van der Waals surface area contributed by atoms with E-state index >= 15 is 0 Å². The summed E-state index contributed by atoms with van der Waals surface area (Å²) >= 11 is 0. The molecule has 0 nitrogen and oxygen atoms in total. The van der Waals surface area contributed by atoms with Gasteiger partial charge < -0.3 is 36.1 Å². The van der Waals surface area contributed by atoms with Crippen LogP contribution in [0.2, 0.25) is 0 Å². The fourth-order valence-corrected chi connectivity index (χ4v) is 4.74. The van der Waals surface area contributed by atoms with E-state index in [1.807, 2.05) is 20.3 Å². The van der Waals surface area contributed by atoms with E-state index in [0.29, 0.717) is 0 Å². The molecule has 0 unspecified atom stereocenters. The van der Waals surface area contributed by atoms with Crippen LogP contribution >= 0.6 is 0 Å². The fourth-order valence-electron chi connectivity index (χ4n) is 4.74. The molecule has 0 N–H and O–H groups in total.